The van der Waals surface area contributed by atoms with Crippen molar-refractivity contribution in [1.82, 2.24) is 14.5 Å². The molecule has 0 bridgehead atoms. The summed E-state index contributed by atoms with van der Waals surface area (Å²) in [6, 6.07) is 4.98. The summed E-state index contributed by atoms with van der Waals surface area (Å²) in [5.74, 6) is 0.925. The van der Waals surface area contributed by atoms with Gasteiger partial charge in [0.15, 0.2) is 0 Å². The molecule has 28 heavy (non-hydrogen) atoms. The second kappa shape index (κ2) is 6.85. The van der Waals surface area contributed by atoms with E-state index in [0.717, 1.165) is 23.9 Å². The van der Waals surface area contributed by atoms with E-state index in [-0.39, 0.29) is 11.1 Å². The lowest BCUT2D eigenvalue weighted by Crippen LogP contribution is -2.27. The Morgan fingerprint density at radius 1 is 1.25 bits per heavy atom. The minimum atomic E-state index is -2.60. The van der Waals surface area contributed by atoms with E-state index in [0.29, 0.717) is 35.0 Å². The zero-order valence-corrected chi connectivity index (χ0v) is 15.9. The van der Waals surface area contributed by atoms with Crippen LogP contribution in [-0.2, 0) is 13.5 Å². The number of alkyl halides is 2. The molecule has 0 spiro atoms. The standard InChI is InChI=1S/C20H20F2N4O2/c1-11-7-13-15(25(2)20(11)27)9-17(28-3)24-19(13)26-6-4-5-14-16(26)8-12(10-23-14)18(21)22/h7-10,18H,4-6H2,1-3H3. The van der Waals surface area contributed by atoms with Crippen LogP contribution >= 0.6 is 0 Å². The smallest absolute Gasteiger partial charge is 0.265 e. The van der Waals surface area contributed by atoms with E-state index in [1.165, 1.54) is 19.4 Å². The normalized spacial score (nSPS) is 13.9. The van der Waals surface area contributed by atoms with E-state index in [4.69, 9.17) is 4.74 Å². The third-order valence-corrected chi connectivity index (χ3v) is 5.13. The highest BCUT2D eigenvalue weighted by Crippen LogP contribution is 2.38. The third kappa shape index (κ3) is 2.89. The molecule has 1 aliphatic heterocycles. The van der Waals surface area contributed by atoms with Crippen LogP contribution in [-0.4, -0.2) is 28.2 Å². The fourth-order valence-corrected chi connectivity index (χ4v) is 3.67. The molecule has 0 atom stereocenters. The highest BCUT2D eigenvalue weighted by molar-refractivity contribution is 5.93. The van der Waals surface area contributed by atoms with Gasteiger partial charge in [0.2, 0.25) is 5.88 Å². The van der Waals surface area contributed by atoms with Crippen molar-refractivity contribution in [3.8, 4) is 5.88 Å². The van der Waals surface area contributed by atoms with Crippen molar-refractivity contribution in [1.29, 1.82) is 0 Å². The predicted octanol–water partition coefficient (Wildman–Crippen LogP) is 3.67. The third-order valence-electron chi connectivity index (χ3n) is 5.13. The zero-order chi connectivity index (χ0) is 20.0. The number of pyridine rings is 3. The topological polar surface area (TPSA) is 60.2 Å². The van der Waals surface area contributed by atoms with Gasteiger partial charge in [-0.25, -0.2) is 8.78 Å². The average molecular weight is 386 g/mol. The maximum atomic E-state index is 13.3. The van der Waals surface area contributed by atoms with E-state index in [2.05, 4.69) is 9.97 Å². The van der Waals surface area contributed by atoms with E-state index < -0.39 is 6.43 Å². The Kier molecular flexibility index (Phi) is 4.49. The molecular formula is C20H20F2N4O2. The molecule has 0 aromatic carbocycles. The first-order valence-electron chi connectivity index (χ1n) is 9.00. The van der Waals surface area contributed by atoms with Gasteiger partial charge in [-0.2, -0.15) is 4.98 Å². The van der Waals surface area contributed by atoms with Crippen molar-refractivity contribution in [2.24, 2.45) is 7.05 Å². The fraction of sp³-hybridized carbons (Fsp3) is 0.350. The van der Waals surface area contributed by atoms with Crippen molar-refractivity contribution >= 4 is 22.4 Å². The van der Waals surface area contributed by atoms with Gasteiger partial charge in [0.25, 0.3) is 12.0 Å². The SMILES string of the molecule is COc1cc2c(cc(C)c(=O)n2C)c(N2CCCc3ncc(C(F)F)cc32)n1. The number of aromatic nitrogens is 3. The molecule has 146 valence electrons. The van der Waals surface area contributed by atoms with Gasteiger partial charge in [-0.1, -0.05) is 0 Å². The van der Waals surface area contributed by atoms with Gasteiger partial charge in [-0.15, -0.1) is 0 Å². The predicted molar refractivity (Wildman–Crippen MR) is 103 cm³/mol. The van der Waals surface area contributed by atoms with Crippen LogP contribution in [0.4, 0.5) is 20.3 Å². The summed E-state index contributed by atoms with van der Waals surface area (Å²) < 4.78 is 33.4. The van der Waals surface area contributed by atoms with Gasteiger partial charge >= 0.3 is 0 Å². The van der Waals surface area contributed by atoms with E-state index in [1.54, 1.807) is 30.7 Å². The van der Waals surface area contributed by atoms with Gasteiger partial charge in [-0.05, 0) is 31.9 Å². The Bertz CT molecular complexity index is 1130. The van der Waals surface area contributed by atoms with Crippen molar-refractivity contribution in [3.63, 3.8) is 0 Å². The van der Waals surface area contributed by atoms with Gasteiger partial charge in [0, 0.05) is 42.4 Å². The maximum Gasteiger partial charge on any atom is 0.265 e. The van der Waals surface area contributed by atoms with Gasteiger partial charge in [0.05, 0.1) is 24.0 Å². The summed E-state index contributed by atoms with van der Waals surface area (Å²) in [5, 5.41) is 0.760. The minimum Gasteiger partial charge on any atom is -0.481 e. The largest absolute Gasteiger partial charge is 0.481 e. The molecule has 6 nitrogen and oxygen atoms in total. The highest BCUT2D eigenvalue weighted by atomic mass is 19.3. The number of halogens is 2. The molecule has 1 aliphatic rings. The first-order valence-corrected chi connectivity index (χ1v) is 9.00. The number of ether oxygens (including phenoxy) is 1. The van der Waals surface area contributed by atoms with Gasteiger partial charge in [0.1, 0.15) is 5.82 Å². The summed E-state index contributed by atoms with van der Waals surface area (Å²) in [6.07, 6.45) is 0.172. The molecule has 0 saturated heterocycles. The van der Waals surface area contributed by atoms with E-state index in [1.807, 2.05) is 4.90 Å². The number of hydrogen-bond donors (Lipinski definition) is 0. The molecule has 0 N–H and O–H groups in total. The van der Waals surface area contributed by atoms with Crippen LogP contribution in [0.5, 0.6) is 5.88 Å². The molecule has 0 saturated carbocycles. The van der Waals surface area contributed by atoms with Crippen molar-refractivity contribution in [2.45, 2.75) is 26.2 Å². The monoisotopic (exact) mass is 386 g/mol. The summed E-state index contributed by atoms with van der Waals surface area (Å²) >= 11 is 0. The number of hydrogen-bond acceptors (Lipinski definition) is 5. The molecule has 0 amide bonds. The number of rotatable bonds is 3. The number of nitrogens with zero attached hydrogens (tertiary/aromatic N) is 4. The Morgan fingerprint density at radius 2 is 2.04 bits per heavy atom. The Morgan fingerprint density at radius 3 is 2.75 bits per heavy atom. The molecular weight excluding hydrogens is 366 g/mol. The van der Waals surface area contributed by atoms with Crippen LogP contribution < -0.4 is 15.2 Å². The van der Waals surface area contributed by atoms with Crippen molar-refractivity contribution in [2.75, 3.05) is 18.6 Å². The second-order valence-electron chi connectivity index (χ2n) is 6.90. The summed E-state index contributed by atoms with van der Waals surface area (Å²) in [5.41, 5.74) is 2.41. The minimum absolute atomic E-state index is 0.104. The first kappa shape index (κ1) is 18.3. The second-order valence-corrected chi connectivity index (χ2v) is 6.90. The molecule has 0 radical (unpaired) electrons. The number of aryl methyl sites for hydroxylation is 3. The lowest BCUT2D eigenvalue weighted by molar-refractivity contribution is 0.151. The molecule has 8 heteroatoms. The van der Waals surface area contributed by atoms with Crippen molar-refractivity contribution in [3.05, 3.63) is 51.6 Å². The van der Waals surface area contributed by atoms with Crippen LogP contribution in [0.1, 0.15) is 29.7 Å². The Hall–Kier alpha value is -3.03. The number of anilines is 2. The lowest BCUT2D eigenvalue weighted by Gasteiger charge is -2.31. The van der Waals surface area contributed by atoms with Crippen LogP contribution in [0, 0.1) is 6.92 Å². The molecule has 0 unspecified atom stereocenters. The fourth-order valence-electron chi connectivity index (χ4n) is 3.67. The summed E-state index contributed by atoms with van der Waals surface area (Å²) in [6.45, 7) is 2.36. The molecule has 0 aliphatic carbocycles. The van der Waals surface area contributed by atoms with E-state index in [9.17, 15) is 13.6 Å². The molecule has 4 heterocycles. The number of fused-ring (bicyclic) bond motifs is 2. The quantitative estimate of drug-likeness (QED) is 0.687. The van der Waals surface area contributed by atoms with Crippen LogP contribution in [0.2, 0.25) is 0 Å². The Labute approximate surface area is 160 Å². The van der Waals surface area contributed by atoms with Gasteiger partial charge < -0.3 is 14.2 Å². The van der Waals surface area contributed by atoms with E-state index >= 15 is 0 Å². The molecule has 3 aromatic rings. The van der Waals surface area contributed by atoms with Crippen LogP contribution in [0.3, 0.4) is 0 Å². The zero-order valence-electron chi connectivity index (χ0n) is 15.9. The average Bonchev–Trinajstić information content (AvgIpc) is 2.70. The maximum absolute atomic E-state index is 13.3. The molecule has 3 aromatic heterocycles. The summed E-state index contributed by atoms with van der Waals surface area (Å²) in [7, 11) is 3.20. The van der Waals surface area contributed by atoms with Crippen molar-refractivity contribution < 1.29 is 13.5 Å². The molecule has 0 fully saturated rings. The van der Waals surface area contributed by atoms with Crippen LogP contribution in [0.15, 0.2) is 29.2 Å². The lowest BCUT2D eigenvalue weighted by atomic mass is 10.0. The molecule has 4 rings (SSSR count). The van der Waals surface area contributed by atoms with Crippen LogP contribution in [0.25, 0.3) is 10.9 Å². The highest BCUT2D eigenvalue weighted by Gasteiger charge is 2.25. The first-order chi connectivity index (χ1) is 13.4. The number of methoxy groups -OCH3 is 1. The Balaban J connectivity index is 2.00. The van der Waals surface area contributed by atoms with Gasteiger partial charge in [-0.3, -0.25) is 9.78 Å². The summed E-state index contributed by atoms with van der Waals surface area (Å²) in [4.78, 5) is 23.1.